The fraction of sp³-hybridized carbons (Fsp3) is 0.348. The normalized spacial score (nSPS) is 14.7. The van der Waals surface area contributed by atoms with Crippen molar-refractivity contribution < 1.29 is 14.3 Å². The predicted molar refractivity (Wildman–Crippen MR) is 115 cm³/mol. The van der Waals surface area contributed by atoms with Crippen LogP contribution in [0.15, 0.2) is 60.7 Å². The van der Waals surface area contributed by atoms with Crippen molar-refractivity contribution in [3.05, 3.63) is 66.2 Å². The molecule has 2 aromatic carbocycles. The van der Waals surface area contributed by atoms with E-state index < -0.39 is 0 Å². The maximum Gasteiger partial charge on any atom is 0.317 e. The van der Waals surface area contributed by atoms with E-state index in [9.17, 15) is 4.79 Å². The van der Waals surface area contributed by atoms with Crippen molar-refractivity contribution in [3.8, 4) is 11.5 Å². The van der Waals surface area contributed by atoms with Crippen molar-refractivity contribution in [2.45, 2.75) is 0 Å². The number of methoxy groups -OCH3 is 1. The summed E-state index contributed by atoms with van der Waals surface area (Å²) < 4.78 is 10.9. The highest BCUT2D eigenvalue weighted by molar-refractivity contribution is 5.74. The molecule has 2 amide bonds. The van der Waals surface area contributed by atoms with Crippen LogP contribution >= 0.6 is 0 Å². The second-order valence-electron chi connectivity index (χ2n) is 6.83. The van der Waals surface area contributed by atoms with Gasteiger partial charge in [0.05, 0.1) is 13.7 Å². The first kappa shape index (κ1) is 20.7. The van der Waals surface area contributed by atoms with E-state index in [0.29, 0.717) is 24.7 Å². The second kappa shape index (κ2) is 11.1. The monoisotopic (exact) mass is 395 g/mol. The molecule has 0 spiro atoms. The van der Waals surface area contributed by atoms with Gasteiger partial charge in [-0.15, -0.1) is 0 Å². The third-order valence-electron chi connectivity index (χ3n) is 4.84. The number of para-hydroxylation sites is 2. The first-order chi connectivity index (χ1) is 14.3. The number of urea groups is 1. The van der Waals surface area contributed by atoms with Gasteiger partial charge in [-0.2, -0.15) is 0 Å². The molecule has 0 unspecified atom stereocenters. The van der Waals surface area contributed by atoms with Gasteiger partial charge in [0.2, 0.25) is 0 Å². The van der Waals surface area contributed by atoms with E-state index >= 15 is 0 Å². The number of carbonyl (C=O) groups excluding carboxylic acids is 1. The van der Waals surface area contributed by atoms with Crippen LogP contribution in [0.3, 0.4) is 0 Å². The summed E-state index contributed by atoms with van der Waals surface area (Å²) in [5.74, 6) is 1.37. The first-order valence-corrected chi connectivity index (χ1v) is 9.99. The lowest BCUT2D eigenvalue weighted by molar-refractivity contribution is 0.145. The van der Waals surface area contributed by atoms with Gasteiger partial charge in [-0.3, -0.25) is 4.90 Å². The second-order valence-corrected chi connectivity index (χ2v) is 6.83. The maximum atomic E-state index is 12.3. The lowest BCUT2D eigenvalue weighted by Gasteiger charge is -2.34. The van der Waals surface area contributed by atoms with Gasteiger partial charge in [-0.25, -0.2) is 4.79 Å². The molecule has 0 radical (unpaired) electrons. The molecule has 1 fully saturated rings. The molecule has 2 aromatic rings. The molecule has 29 heavy (non-hydrogen) atoms. The van der Waals surface area contributed by atoms with E-state index in [-0.39, 0.29) is 6.03 Å². The molecule has 0 atom stereocenters. The molecule has 1 heterocycles. The predicted octanol–water partition coefficient (Wildman–Crippen LogP) is 3.11. The summed E-state index contributed by atoms with van der Waals surface area (Å²) in [7, 11) is 1.61. The fourth-order valence-corrected chi connectivity index (χ4v) is 3.20. The average molecular weight is 396 g/mol. The smallest absolute Gasteiger partial charge is 0.317 e. The van der Waals surface area contributed by atoms with E-state index in [1.165, 1.54) is 5.56 Å². The Hall–Kier alpha value is -2.99. The zero-order chi connectivity index (χ0) is 20.3. The largest absolute Gasteiger partial charge is 0.493 e. The Morgan fingerprint density at radius 2 is 1.69 bits per heavy atom. The zero-order valence-corrected chi connectivity index (χ0v) is 16.9. The Bertz CT molecular complexity index is 787. The Morgan fingerprint density at radius 3 is 2.41 bits per heavy atom. The fourth-order valence-electron chi connectivity index (χ4n) is 3.20. The van der Waals surface area contributed by atoms with Crippen molar-refractivity contribution in [3.63, 3.8) is 0 Å². The molecule has 0 saturated carbocycles. The molecular formula is C23H29N3O3. The van der Waals surface area contributed by atoms with E-state index in [1.807, 2.05) is 47.4 Å². The summed E-state index contributed by atoms with van der Waals surface area (Å²) >= 11 is 0. The number of hydrogen-bond donors (Lipinski definition) is 1. The highest BCUT2D eigenvalue weighted by Crippen LogP contribution is 2.25. The number of amides is 2. The third-order valence-corrected chi connectivity index (χ3v) is 4.84. The van der Waals surface area contributed by atoms with Crippen LogP contribution < -0.4 is 14.8 Å². The van der Waals surface area contributed by atoms with Crippen LogP contribution in [-0.4, -0.2) is 68.8 Å². The maximum absolute atomic E-state index is 12.3. The lowest BCUT2D eigenvalue weighted by atomic mass is 10.2. The number of carbonyl (C=O) groups is 1. The highest BCUT2D eigenvalue weighted by Gasteiger charge is 2.19. The van der Waals surface area contributed by atoms with Crippen molar-refractivity contribution >= 4 is 12.1 Å². The SMILES string of the molecule is COc1ccccc1OCCNC(=O)N1CCN(C/C=C/c2ccccc2)CC1. The van der Waals surface area contributed by atoms with Gasteiger partial charge < -0.3 is 19.7 Å². The van der Waals surface area contributed by atoms with E-state index in [1.54, 1.807) is 7.11 Å². The summed E-state index contributed by atoms with van der Waals surface area (Å²) in [6.45, 7) is 4.98. The van der Waals surface area contributed by atoms with Crippen LogP contribution in [0.1, 0.15) is 5.56 Å². The molecule has 1 N–H and O–H groups in total. The van der Waals surface area contributed by atoms with Crippen LogP contribution in [0.25, 0.3) is 6.08 Å². The minimum Gasteiger partial charge on any atom is -0.493 e. The minimum absolute atomic E-state index is 0.0342. The summed E-state index contributed by atoms with van der Waals surface area (Å²) in [4.78, 5) is 16.6. The number of nitrogens with zero attached hydrogens (tertiary/aromatic N) is 2. The Balaban J connectivity index is 1.32. The van der Waals surface area contributed by atoms with Gasteiger partial charge in [0.25, 0.3) is 0 Å². The standard InChI is InChI=1S/C23H29N3O3/c1-28-21-11-5-6-12-22(21)29-19-13-24-23(27)26-17-15-25(16-18-26)14-7-10-20-8-3-2-4-9-20/h2-12H,13-19H2,1H3,(H,24,27)/b10-7+. The highest BCUT2D eigenvalue weighted by atomic mass is 16.5. The van der Waals surface area contributed by atoms with Gasteiger partial charge in [-0.05, 0) is 17.7 Å². The first-order valence-electron chi connectivity index (χ1n) is 9.99. The van der Waals surface area contributed by atoms with Crippen molar-refractivity contribution in [1.29, 1.82) is 0 Å². The van der Waals surface area contributed by atoms with Crippen LogP contribution in [0, 0.1) is 0 Å². The number of ether oxygens (including phenoxy) is 2. The summed E-state index contributed by atoms with van der Waals surface area (Å²) in [5, 5.41) is 2.93. The van der Waals surface area contributed by atoms with E-state index in [0.717, 1.165) is 32.7 Å². The molecular weight excluding hydrogens is 366 g/mol. The van der Waals surface area contributed by atoms with Crippen LogP contribution in [0.2, 0.25) is 0 Å². The number of piperazine rings is 1. The molecule has 1 saturated heterocycles. The van der Waals surface area contributed by atoms with Gasteiger partial charge in [0.1, 0.15) is 6.61 Å². The Labute approximate surface area is 172 Å². The average Bonchev–Trinajstić information content (AvgIpc) is 2.78. The third kappa shape index (κ3) is 6.54. The molecule has 6 nitrogen and oxygen atoms in total. The van der Waals surface area contributed by atoms with E-state index in [2.05, 4.69) is 34.5 Å². The molecule has 6 heteroatoms. The molecule has 3 rings (SSSR count). The number of hydrogen-bond acceptors (Lipinski definition) is 4. The summed E-state index contributed by atoms with van der Waals surface area (Å²) in [6, 6.07) is 17.7. The molecule has 1 aliphatic heterocycles. The number of nitrogens with one attached hydrogen (secondary N) is 1. The minimum atomic E-state index is -0.0342. The molecule has 0 aromatic heterocycles. The van der Waals surface area contributed by atoms with Crippen molar-refractivity contribution in [1.82, 2.24) is 15.1 Å². The van der Waals surface area contributed by atoms with Crippen LogP contribution in [0.4, 0.5) is 4.79 Å². The van der Waals surface area contributed by atoms with Crippen LogP contribution in [0.5, 0.6) is 11.5 Å². The van der Waals surface area contributed by atoms with Gasteiger partial charge in [-0.1, -0.05) is 54.6 Å². The molecule has 0 aliphatic carbocycles. The molecule has 154 valence electrons. The molecule has 0 bridgehead atoms. The number of benzene rings is 2. The van der Waals surface area contributed by atoms with Crippen LogP contribution in [-0.2, 0) is 0 Å². The topological polar surface area (TPSA) is 54.0 Å². The van der Waals surface area contributed by atoms with E-state index in [4.69, 9.17) is 9.47 Å². The molecule has 1 aliphatic rings. The van der Waals surface area contributed by atoms with Gasteiger partial charge in [0.15, 0.2) is 11.5 Å². The van der Waals surface area contributed by atoms with Gasteiger partial charge in [0, 0.05) is 32.7 Å². The summed E-state index contributed by atoms with van der Waals surface area (Å²) in [6.07, 6.45) is 4.32. The van der Waals surface area contributed by atoms with Crippen molar-refractivity contribution in [2.75, 3.05) is 53.0 Å². The summed E-state index contributed by atoms with van der Waals surface area (Å²) in [5.41, 5.74) is 1.21. The quantitative estimate of drug-likeness (QED) is 0.698. The van der Waals surface area contributed by atoms with Gasteiger partial charge >= 0.3 is 6.03 Å². The Kier molecular flexibility index (Phi) is 7.95. The van der Waals surface area contributed by atoms with Crippen molar-refractivity contribution in [2.24, 2.45) is 0 Å². The number of rotatable bonds is 8. The lowest BCUT2D eigenvalue weighted by Crippen LogP contribution is -2.52. The zero-order valence-electron chi connectivity index (χ0n) is 16.9. The Morgan fingerprint density at radius 1 is 1.00 bits per heavy atom.